The second-order valence-electron chi connectivity index (χ2n) is 4.93. The first kappa shape index (κ1) is 8.55. The van der Waals surface area contributed by atoms with Crippen LogP contribution in [0.2, 0.25) is 0 Å². The smallest absolute Gasteiger partial charge is 0.0212 e. The van der Waals surface area contributed by atoms with Crippen molar-refractivity contribution in [1.82, 2.24) is 5.32 Å². The standard InChI is InChI=1S/C11H21N/c1-9(2)10-5-3-6-11(10)7-4-8-12-11/h9-10,12H,3-8H2,1-2H3/t10-,11?/m0/s1. The van der Waals surface area contributed by atoms with Gasteiger partial charge in [-0.25, -0.2) is 0 Å². The van der Waals surface area contributed by atoms with E-state index in [4.69, 9.17) is 0 Å². The predicted molar refractivity (Wildman–Crippen MR) is 52.1 cm³/mol. The molecule has 1 aliphatic carbocycles. The van der Waals surface area contributed by atoms with Crippen LogP contribution in [0.1, 0.15) is 46.0 Å². The molecule has 0 aromatic rings. The zero-order valence-corrected chi connectivity index (χ0v) is 8.40. The summed E-state index contributed by atoms with van der Waals surface area (Å²) in [6, 6.07) is 0. The third-order valence-electron chi connectivity index (χ3n) is 3.93. The Hall–Kier alpha value is -0.0400. The molecule has 2 atom stereocenters. The fourth-order valence-corrected chi connectivity index (χ4v) is 3.43. The molecular formula is C11H21N. The minimum Gasteiger partial charge on any atom is -0.311 e. The average molecular weight is 167 g/mol. The molecule has 0 bridgehead atoms. The van der Waals surface area contributed by atoms with Crippen LogP contribution in [-0.4, -0.2) is 12.1 Å². The van der Waals surface area contributed by atoms with Gasteiger partial charge in [-0.15, -0.1) is 0 Å². The Balaban J connectivity index is 2.12. The van der Waals surface area contributed by atoms with Crippen LogP contribution in [0, 0.1) is 11.8 Å². The quantitative estimate of drug-likeness (QED) is 0.633. The van der Waals surface area contributed by atoms with Gasteiger partial charge in [0.15, 0.2) is 0 Å². The molecule has 1 heterocycles. The van der Waals surface area contributed by atoms with Crippen molar-refractivity contribution in [1.29, 1.82) is 0 Å². The first-order chi connectivity index (χ1) is 5.75. The van der Waals surface area contributed by atoms with E-state index in [1.54, 1.807) is 0 Å². The lowest BCUT2D eigenvalue weighted by atomic mass is 9.79. The SMILES string of the molecule is CC(C)[C@@H]1CCCC12CCCN2. The van der Waals surface area contributed by atoms with Crippen molar-refractivity contribution in [2.24, 2.45) is 11.8 Å². The highest BCUT2D eigenvalue weighted by molar-refractivity contribution is 5.03. The van der Waals surface area contributed by atoms with E-state index in [1.807, 2.05) is 0 Å². The van der Waals surface area contributed by atoms with Gasteiger partial charge < -0.3 is 5.32 Å². The Morgan fingerprint density at radius 1 is 1.25 bits per heavy atom. The molecule has 0 aromatic carbocycles. The molecule has 1 spiro atoms. The average Bonchev–Trinajstić information content (AvgIpc) is 2.61. The molecule has 1 heteroatoms. The van der Waals surface area contributed by atoms with E-state index < -0.39 is 0 Å². The lowest BCUT2D eigenvalue weighted by Crippen LogP contribution is -2.44. The lowest BCUT2D eigenvalue weighted by Gasteiger charge is -2.34. The van der Waals surface area contributed by atoms with Crippen LogP contribution in [0.5, 0.6) is 0 Å². The van der Waals surface area contributed by atoms with Gasteiger partial charge in [0.25, 0.3) is 0 Å². The van der Waals surface area contributed by atoms with Crippen molar-refractivity contribution >= 4 is 0 Å². The molecule has 1 aliphatic heterocycles. The zero-order chi connectivity index (χ0) is 8.60. The third kappa shape index (κ3) is 1.19. The fourth-order valence-electron chi connectivity index (χ4n) is 3.43. The molecule has 70 valence electrons. The van der Waals surface area contributed by atoms with Crippen LogP contribution in [0.4, 0.5) is 0 Å². The first-order valence-electron chi connectivity index (χ1n) is 5.50. The van der Waals surface area contributed by atoms with Crippen molar-refractivity contribution in [3.8, 4) is 0 Å². The van der Waals surface area contributed by atoms with Crippen LogP contribution in [-0.2, 0) is 0 Å². The molecule has 1 unspecified atom stereocenters. The maximum atomic E-state index is 3.76. The summed E-state index contributed by atoms with van der Waals surface area (Å²) in [5.74, 6) is 1.83. The Morgan fingerprint density at radius 3 is 2.58 bits per heavy atom. The fraction of sp³-hybridized carbons (Fsp3) is 1.00. The van der Waals surface area contributed by atoms with E-state index in [-0.39, 0.29) is 0 Å². The van der Waals surface area contributed by atoms with Gasteiger partial charge in [-0.2, -0.15) is 0 Å². The maximum Gasteiger partial charge on any atom is 0.0212 e. The van der Waals surface area contributed by atoms with Gasteiger partial charge in [0.1, 0.15) is 0 Å². The lowest BCUT2D eigenvalue weighted by molar-refractivity contribution is 0.220. The molecule has 0 aromatic heterocycles. The van der Waals surface area contributed by atoms with E-state index >= 15 is 0 Å². The molecule has 1 saturated heterocycles. The van der Waals surface area contributed by atoms with Crippen LogP contribution in [0.15, 0.2) is 0 Å². The highest BCUT2D eigenvalue weighted by Gasteiger charge is 2.45. The summed E-state index contributed by atoms with van der Waals surface area (Å²) in [5, 5.41) is 3.76. The Labute approximate surface area is 75.9 Å². The maximum absolute atomic E-state index is 3.76. The van der Waals surface area contributed by atoms with Gasteiger partial charge in [-0.3, -0.25) is 0 Å². The summed E-state index contributed by atoms with van der Waals surface area (Å²) < 4.78 is 0. The summed E-state index contributed by atoms with van der Waals surface area (Å²) in [7, 11) is 0. The minimum atomic E-state index is 0.578. The van der Waals surface area contributed by atoms with Gasteiger partial charge in [0, 0.05) is 5.54 Å². The summed E-state index contributed by atoms with van der Waals surface area (Å²) in [5.41, 5.74) is 0.578. The van der Waals surface area contributed by atoms with Gasteiger partial charge in [-0.05, 0) is 44.1 Å². The van der Waals surface area contributed by atoms with Gasteiger partial charge in [0.2, 0.25) is 0 Å². The van der Waals surface area contributed by atoms with E-state index in [0.717, 1.165) is 11.8 Å². The largest absolute Gasteiger partial charge is 0.311 e. The normalized spacial score (nSPS) is 41.8. The van der Waals surface area contributed by atoms with Crippen molar-refractivity contribution in [2.45, 2.75) is 51.5 Å². The summed E-state index contributed by atoms with van der Waals surface area (Å²) >= 11 is 0. The molecule has 1 nitrogen and oxygen atoms in total. The minimum absolute atomic E-state index is 0.578. The molecule has 2 fully saturated rings. The van der Waals surface area contributed by atoms with Gasteiger partial charge in [0.05, 0.1) is 0 Å². The van der Waals surface area contributed by atoms with Gasteiger partial charge in [-0.1, -0.05) is 20.3 Å². The summed E-state index contributed by atoms with van der Waals surface area (Å²) in [4.78, 5) is 0. The molecule has 2 rings (SSSR count). The van der Waals surface area contributed by atoms with E-state index in [2.05, 4.69) is 19.2 Å². The molecule has 2 aliphatic rings. The molecule has 1 N–H and O–H groups in total. The van der Waals surface area contributed by atoms with Crippen LogP contribution in [0.25, 0.3) is 0 Å². The van der Waals surface area contributed by atoms with E-state index in [9.17, 15) is 0 Å². The van der Waals surface area contributed by atoms with E-state index in [1.165, 1.54) is 38.6 Å². The van der Waals surface area contributed by atoms with Crippen molar-refractivity contribution < 1.29 is 0 Å². The second-order valence-corrected chi connectivity index (χ2v) is 4.93. The Kier molecular flexibility index (Phi) is 2.16. The highest BCUT2D eigenvalue weighted by atomic mass is 15.0. The van der Waals surface area contributed by atoms with Gasteiger partial charge >= 0.3 is 0 Å². The topological polar surface area (TPSA) is 12.0 Å². The second kappa shape index (κ2) is 3.02. The summed E-state index contributed by atoms with van der Waals surface area (Å²) in [6.07, 6.45) is 7.20. The highest BCUT2D eigenvalue weighted by Crippen LogP contribution is 2.44. The van der Waals surface area contributed by atoms with E-state index in [0.29, 0.717) is 5.54 Å². The monoisotopic (exact) mass is 167 g/mol. The molecule has 0 radical (unpaired) electrons. The number of hydrogen-bond donors (Lipinski definition) is 1. The molecule has 12 heavy (non-hydrogen) atoms. The molecule has 1 saturated carbocycles. The Bertz CT molecular complexity index is 151. The number of hydrogen-bond acceptors (Lipinski definition) is 1. The Morgan fingerprint density at radius 2 is 2.00 bits per heavy atom. The number of rotatable bonds is 1. The number of nitrogens with one attached hydrogen (secondary N) is 1. The molecule has 0 amide bonds. The first-order valence-corrected chi connectivity index (χ1v) is 5.50. The van der Waals surface area contributed by atoms with Crippen LogP contribution < -0.4 is 5.32 Å². The third-order valence-corrected chi connectivity index (χ3v) is 3.93. The summed E-state index contributed by atoms with van der Waals surface area (Å²) in [6.45, 7) is 6.04. The van der Waals surface area contributed by atoms with Crippen LogP contribution >= 0.6 is 0 Å². The predicted octanol–water partition coefficient (Wildman–Crippen LogP) is 2.56. The van der Waals surface area contributed by atoms with Crippen molar-refractivity contribution in [3.63, 3.8) is 0 Å². The van der Waals surface area contributed by atoms with Crippen molar-refractivity contribution in [2.75, 3.05) is 6.54 Å². The molecular weight excluding hydrogens is 146 g/mol. The van der Waals surface area contributed by atoms with Crippen LogP contribution in [0.3, 0.4) is 0 Å². The zero-order valence-electron chi connectivity index (χ0n) is 8.40. The van der Waals surface area contributed by atoms with Crippen molar-refractivity contribution in [3.05, 3.63) is 0 Å².